The number of amides is 1. The van der Waals surface area contributed by atoms with Crippen LogP contribution in [0.5, 0.6) is 0 Å². The number of anilines is 1. The Labute approximate surface area is 139 Å². The van der Waals surface area contributed by atoms with Crippen molar-refractivity contribution in [3.05, 3.63) is 35.6 Å². The molecule has 4 heterocycles. The van der Waals surface area contributed by atoms with Crippen LogP contribution in [0.2, 0.25) is 0 Å². The molecular formula is C16H19N5O3. The first-order valence-corrected chi connectivity index (χ1v) is 8.18. The lowest BCUT2D eigenvalue weighted by molar-refractivity contribution is 0.0721. The second-order valence-electron chi connectivity index (χ2n) is 5.89. The molecule has 0 aromatic carbocycles. The van der Waals surface area contributed by atoms with Crippen molar-refractivity contribution in [3.8, 4) is 0 Å². The number of rotatable bonds is 2. The van der Waals surface area contributed by atoms with E-state index in [4.69, 9.17) is 9.26 Å². The SMILES string of the molecule is O=C(c1ccno1)N1CCc2ncnc(N3CCOCC3)c2CC1. The molecule has 0 aliphatic carbocycles. The van der Waals surface area contributed by atoms with E-state index in [-0.39, 0.29) is 11.7 Å². The molecule has 24 heavy (non-hydrogen) atoms. The third-order valence-corrected chi connectivity index (χ3v) is 4.51. The first-order chi connectivity index (χ1) is 11.8. The standard InChI is InChI=1S/C16H19N5O3/c22-16(14-1-4-19-24-14)21-5-2-12-13(3-6-21)17-11-18-15(12)20-7-9-23-10-8-20/h1,4,11H,2-3,5-10H2. The van der Waals surface area contributed by atoms with E-state index >= 15 is 0 Å². The molecule has 126 valence electrons. The Morgan fingerprint density at radius 3 is 2.71 bits per heavy atom. The van der Waals surface area contributed by atoms with Crippen LogP contribution in [0.4, 0.5) is 5.82 Å². The van der Waals surface area contributed by atoms with Crippen LogP contribution in [0, 0.1) is 0 Å². The third kappa shape index (κ3) is 2.84. The number of hydrogen-bond donors (Lipinski definition) is 0. The van der Waals surface area contributed by atoms with Gasteiger partial charge in [-0.1, -0.05) is 5.16 Å². The summed E-state index contributed by atoms with van der Waals surface area (Å²) in [6, 6.07) is 1.60. The van der Waals surface area contributed by atoms with Crippen LogP contribution in [0.25, 0.3) is 0 Å². The Morgan fingerprint density at radius 2 is 1.92 bits per heavy atom. The molecule has 2 aromatic heterocycles. The van der Waals surface area contributed by atoms with Crippen LogP contribution < -0.4 is 4.90 Å². The molecule has 4 rings (SSSR count). The normalized spacial score (nSPS) is 18.2. The van der Waals surface area contributed by atoms with Crippen molar-refractivity contribution in [2.24, 2.45) is 0 Å². The zero-order valence-electron chi connectivity index (χ0n) is 13.3. The Bertz CT molecular complexity index is 713. The van der Waals surface area contributed by atoms with E-state index in [0.29, 0.717) is 13.1 Å². The summed E-state index contributed by atoms with van der Waals surface area (Å²) in [5.41, 5.74) is 2.17. The first kappa shape index (κ1) is 15.1. The van der Waals surface area contributed by atoms with Crippen molar-refractivity contribution in [1.82, 2.24) is 20.0 Å². The maximum Gasteiger partial charge on any atom is 0.292 e. The van der Waals surface area contributed by atoms with Crippen LogP contribution >= 0.6 is 0 Å². The Balaban J connectivity index is 1.55. The molecule has 1 saturated heterocycles. The molecule has 0 unspecified atom stereocenters. The van der Waals surface area contributed by atoms with Gasteiger partial charge < -0.3 is 19.1 Å². The van der Waals surface area contributed by atoms with Crippen molar-refractivity contribution in [1.29, 1.82) is 0 Å². The van der Waals surface area contributed by atoms with E-state index in [9.17, 15) is 4.79 Å². The topological polar surface area (TPSA) is 84.6 Å². The molecule has 1 amide bonds. The second-order valence-corrected chi connectivity index (χ2v) is 5.89. The van der Waals surface area contributed by atoms with Crippen LogP contribution in [0.1, 0.15) is 21.8 Å². The number of aromatic nitrogens is 3. The van der Waals surface area contributed by atoms with Crippen molar-refractivity contribution >= 4 is 11.7 Å². The lowest BCUT2D eigenvalue weighted by Gasteiger charge is -2.29. The molecule has 2 aromatic rings. The zero-order valence-corrected chi connectivity index (χ0v) is 13.3. The van der Waals surface area contributed by atoms with Gasteiger partial charge in [0.05, 0.1) is 25.1 Å². The van der Waals surface area contributed by atoms with E-state index in [2.05, 4.69) is 20.0 Å². The highest BCUT2D eigenvalue weighted by atomic mass is 16.5. The summed E-state index contributed by atoms with van der Waals surface area (Å²) in [4.78, 5) is 25.5. The summed E-state index contributed by atoms with van der Waals surface area (Å²) in [5.74, 6) is 1.14. The number of carbonyl (C=O) groups excluding carboxylic acids is 1. The molecular weight excluding hydrogens is 310 g/mol. The van der Waals surface area contributed by atoms with Gasteiger partial charge in [0.2, 0.25) is 5.76 Å². The molecule has 0 bridgehead atoms. The van der Waals surface area contributed by atoms with Crippen molar-refractivity contribution < 1.29 is 14.1 Å². The van der Waals surface area contributed by atoms with Crippen molar-refractivity contribution in [2.75, 3.05) is 44.3 Å². The van der Waals surface area contributed by atoms with Gasteiger partial charge in [0.1, 0.15) is 12.1 Å². The Kier molecular flexibility index (Phi) is 4.12. The smallest absolute Gasteiger partial charge is 0.292 e. The van der Waals surface area contributed by atoms with Gasteiger partial charge in [0.25, 0.3) is 5.91 Å². The number of ether oxygens (including phenoxy) is 1. The Hall–Kier alpha value is -2.48. The average molecular weight is 329 g/mol. The molecule has 8 heteroatoms. The minimum absolute atomic E-state index is 0.124. The zero-order chi connectivity index (χ0) is 16.4. The second kappa shape index (κ2) is 6.56. The number of fused-ring (bicyclic) bond motifs is 1. The first-order valence-electron chi connectivity index (χ1n) is 8.18. The lowest BCUT2D eigenvalue weighted by atomic mass is 10.1. The van der Waals surface area contributed by atoms with Crippen LogP contribution in [-0.2, 0) is 17.6 Å². The monoisotopic (exact) mass is 329 g/mol. The molecule has 0 spiro atoms. The summed E-state index contributed by atoms with van der Waals surface area (Å²) in [5, 5.41) is 3.61. The number of nitrogens with zero attached hydrogens (tertiary/aromatic N) is 5. The van der Waals surface area contributed by atoms with Gasteiger partial charge in [-0.3, -0.25) is 4.79 Å². The quantitative estimate of drug-likeness (QED) is 0.795. The predicted molar refractivity (Wildman–Crippen MR) is 84.9 cm³/mol. The summed E-state index contributed by atoms with van der Waals surface area (Å²) >= 11 is 0. The predicted octanol–water partition coefficient (Wildman–Crippen LogP) is 0.542. The fourth-order valence-corrected chi connectivity index (χ4v) is 3.24. The van der Waals surface area contributed by atoms with Gasteiger partial charge in [0.15, 0.2) is 0 Å². The maximum atomic E-state index is 12.5. The van der Waals surface area contributed by atoms with E-state index in [0.717, 1.165) is 56.2 Å². The summed E-state index contributed by atoms with van der Waals surface area (Å²) < 4.78 is 10.4. The van der Waals surface area contributed by atoms with Gasteiger partial charge in [-0.25, -0.2) is 9.97 Å². The third-order valence-electron chi connectivity index (χ3n) is 4.51. The van der Waals surface area contributed by atoms with Gasteiger partial charge in [-0.15, -0.1) is 0 Å². The van der Waals surface area contributed by atoms with Crippen LogP contribution in [0.15, 0.2) is 23.1 Å². The van der Waals surface area contributed by atoms with E-state index in [1.807, 2.05) is 0 Å². The minimum atomic E-state index is -0.124. The highest BCUT2D eigenvalue weighted by molar-refractivity contribution is 5.91. The highest BCUT2D eigenvalue weighted by Crippen LogP contribution is 2.24. The highest BCUT2D eigenvalue weighted by Gasteiger charge is 2.26. The molecule has 2 aliphatic rings. The molecule has 0 radical (unpaired) electrons. The van der Waals surface area contributed by atoms with E-state index in [1.54, 1.807) is 17.3 Å². The molecule has 0 saturated carbocycles. The van der Waals surface area contributed by atoms with Gasteiger partial charge in [-0.2, -0.15) is 0 Å². The van der Waals surface area contributed by atoms with Crippen LogP contribution in [0.3, 0.4) is 0 Å². The summed E-state index contributed by atoms with van der Waals surface area (Å²) in [6.07, 6.45) is 4.57. The fraction of sp³-hybridized carbons (Fsp3) is 0.500. The maximum absolute atomic E-state index is 12.5. The number of morpholine rings is 1. The van der Waals surface area contributed by atoms with Gasteiger partial charge in [-0.05, 0) is 6.42 Å². The molecule has 0 N–H and O–H groups in total. The summed E-state index contributed by atoms with van der Waals surface area (Å²) in [6.45, 7) is 4.35. The van der Waals surface area contributed by atoms with Gasteiger partial charge >= 0.3 is 0 Å². The largest absolute Gasteiger partial charge is 0.378 e. The molecule has 1 fully saturated rings. The van der Waals surface area contributed by atoms with E-state index in [1.165, 1.54) is 6.20 Å². The number of hydrogen-bond acceptors (Lipinski definition) is 7. The number of carbonyl (C=O) groups is 1. The van der Waals surface area contributed by atoms with Crippen molar-refractivity contribution in [3.63, 3.8) is 0 Å². The Morgan fingerprint density at radius 1 is 1.08 bits per heavy atom. The fourth-order valence-electron chi connectivity index (χ4n) is 3.24. The molecule has 8 nitrogen and oxygen atoms in total. The lowest BCUT2D eigenvalue weighted by Crippen LogP contribution is -2.37. The van der Waals surface area contributed by atoms with Gasteiger partial charge in [0, 0.05) is 44.2 Å². The van der Waals surface area contributed by atoms with Crippen LogP contribution in [-0.4, -0.2) is 65.3 Å². The van der Waals surface area contributed by atoms with E-state index < -0.39 is 0 Å². The minimum Gasteiger partial charge on any atom is -0.378 e. The molecule has 2 aliphatic heterocycles. The molecule has 0 atom stereocenters. The average Bonchev–Trinajstić information content (AvgIpc) is 3.08. The summed E-state index contributed by atoms with van der Waals surface area (Å²) in [7, 11) is 0. The van der Waals surface area contributed by atoms with Crippen molar-refractivity contribution in [2.45, 2.75) is 12.8 Å².